The van der Waals surface area contributed by atoms with Gasteiger partial charge in [-0.15, -0.1) is 0 Å². The maximum atomic E-state index is 12.7. The fraction of sp³-hybridized carbons (Fsp3) is 0.765. The minimum Gasteiger partial charge on any atom is -0.461 e. The molecule has 0 aromatic carbocycles. The first-order chi connectivity index (χ1) is 10.1. The van der Waals surface area contributed by atoms with Gasteiger partial charge in [-0.2, -0.15) is 0 Å². The fourth-order valence-corrected chi connectivity index (χ4v) is 5.25. The van der Waals surface area contributed by atoms with Crippen LogP contribution < -0.4 is 0 Å². The summed E-state index contributed by atoms with van der Waals surface area (Å²) >= 11 is 0. The Bertz CT molecular complexity index is 621. The van der Waals surface area contributed by atoms with E-state index in [1.54, 1.807) is 6.92 Å². The van der Waals surface area contributed by atoms with Gasteiger partial charge in [-0.25, -0.2) is 0 Å². The van der Waals surface area contributed by atoms with Gasteiger partial charge in [0.15, 0.2) is 5.79 Å². The highest BCUT2D eigenvalue weighted by atomic mass is 16.7. The zero-order valence-electron chi connectivity index (χ0n) is 13.4. The molecular formula is C17H22O5. The van der Waals surface area contributed by atoms with Gasteiger partial charge in [0.1, 0.15) is 17.3 Å². The minimum atomic E-state index is -1.62. The maximum Gasteiger partial charge on any atom is 0.318 e. The molecule has 3 fully saturated rings. The summed E-state index contributed by atoms with van der Waals surface area (Å²) in [6, 6.07) is 0. The zero-order chi connectivity index (χ0) is 16.1. The van der Waals surface area contributed by atoms with Gasteiger partial charge < -0.3 is 14.6 Å². The number of allylic oxidation sites excluding steroid dienone is 1. The number of carbonyl (C=O) groups is 2. The van der Waals surface area contributed by atoms with Crippen molar-refractivity contribution in [3.05, 3.63) is 11.6 Å². The van der Waals surface area contributed by atoms with Crippen molar-refractivity contribution >= 4 is 11.8 Å². The molecule has 0 unspecified atom stereocenters. The lowest BCUT2D eigenvalue weighted by molar-refractivity contribution is -0.235. The monoisotopic (exact) mass is 306 g/mol. The number of Topliss-reactive ketones (excluding diaryl/α,β-unsaturated/α-hetero) is 1. The number of esters is 1. The first-order valence-electron chi connectivity index (χ1n) is 7.99. The van der Waals surface area contributed by atoms with Crippen LogP contribution in [-0.4, -0.2) is 34.9 Å². The molecule has 120 valence electrons. The van der Waals surface area contributed by atoms with Crippen molar-refractivity contribution in [1.29, 1.82) is 0 Å². The van der Waals surface area contributed by atoms with Crippen molar-refractivity contribution in [3.8, 4) is 0 Å². The lowest BCUT2D eigenvalue weighted by Gasteiger charge is -2.35. The third kappa shape index (κ3) is 1.30. The van der Waals surface area contributed by atoms with Crippen LogP contribution in [-0.2, 0) is 19.1 Å². The third-order valence-electron chi connectivity index (χ3n) is 6.77. The van der Waals surface area contributed by atoms with Crippen molar-refractivity contribution in [2.24, 2.45) is 22.7 Å². The Labute approximate surface area is 129 Å². The Hall–Kier alpha value is -1.20. The Balaban J connectivity index is 1.93. The summed E-state index contributed by atoms with van der Waals surface area (Å²) in [5.74, 6) is -2.06. The number of ether oxygens (including phenoxy) is 2. The van der Waals surface area contributed by atoms with Gasteiger partial charge in [0, 0.05) is 12.3 Å². The van der Waals surface area contributed by atoms with Crippen LogP contribution in [0.3, 0.4) is 0 Å². The highest BCUT2D eigenvalue weighted by Crippen LogP contribution is 2.64. The normalized spacial score (nSPS) is 56.3. The molecule has 7 atom stereocenters. The molecule has 5 heteroatoms. The third-order valence-corrected chi connectivity index (χ3v) is 6.77. The van der Waals surface area contributed by atoms with E-state index in [1.807, 2.05) is 13.0 Å². The quantitative estimate of drug-likeness (QED) is 0.543. The van der Waals surface area contributed by atoms with E-state index >= 15 is 0 Å². The molecule has 5 nitrogen and oxygen atoms in total. The van der Waals surface area contributed by atoms with E-state index in [0.29, 0.717) is 12.8 Å². The molecule has 2 aliphatic carbocycles. The summed E-state index contributed by atoms with van der Waals surface area (Å²) < 4.78 is 11.6. The predicted octanol–water partition coefficient (Wildman–Crippen LogP) is 1.59. The predicted molar refractivity (Wildman–Crippen MR) is 76.6 cm³/mol. The highest BCUT2D eigenvalue weighted by Gasteiger charge is 2.76. The van der Waals surface area contributed by atoms with Gasteiger partial charge in [-0.3, -0.25) is 9.59 Å². The minimum absolute atomic E-state index is 0.111. The topological polar surface area (TPSA) is 72.8 Å². The molecule has 0 bridgehead atoms. The number of ketones is 1. The summed E-state index contributed by atoms with van der Waals surface area (Å²) in [4.78, 5) is 25.1. The van der Waals surface area contributed by atoms with Crippen LogP contribution >= 0.6 is 0 Å². The van der Waals surface area contributed by atoms with E-state index < -0.39 is 28.7 Å². The number of hydrogen-bond acceptors (Lipinski definition) is 5. The van der Waals surface area contributed by atoms with Crippen LogP contribution in [0, 0.1) is 22.7 Å². The van der Waals surface area contributed by atoms with E-state index in [4.69, 9.17) is 9.47 Å². The molecule has 1 saturated carbocycles. The molecule has 2 heterocycles. The summed E-state index contributed by atoms with van der Waals surface area (Å²) in [6.45, 7) is 7.21. The molecule has 0 spiro atoms. The molecule has 0 aromatic heterocycles. The Morgan fingerprint density at radius 3 is 2.64 bits per heavy atom. The number of hydrogen-bond donors (Lipinski definition) is 1. The van der Waals surface area contributed by atoms with E-state index in [-0.39, 0.29) is 23.7 Å². The summed E-state index contributed by atoms with van der Waals surface area (Å²) in [5, 5.41) is 10.8. The van der Waals surface area contributed by atoms with Crippen molar-refractivity contribution in [2.75, 3.05) is 0 Å². The number of aliphatic hydroxyl groups is 1. The van der Waals surface area contributed by atoms with Crippen molar-refractivity contribution in [2.45, 2.75) is 58.5 Å². The van der Waals surface area contributed by atoms with Gasteiger partial charge in [-0.05, 0) is 33.1 Å². The molecule has 4 aliphatic rings. The van der Waals surface area contributed by atoms with Crippen LogP contribution in [0.5, 0.6) is 0 Å². The second-order valence-electron chi connectivity index (χ2n) is 7.82. The standard InChI is InChI=1S/C17H22O5/c1-8-7-10-12-13(15(2)9(8)5-6-11(15)18)22-17(4,20)16(12,3)14(19)21-10/h5,8,10,12-13,20H,6-7H2,1-4H3/t8-,10+,12-,13-,15+,16+,17+/m0/s1. The Morgan fingerprint density at radius 2 is 1.95 bits per heavy atom. The van der Waals surface area contributed by atoms with Crippen LogP contribution in [0.4, 0.5) is 0 Å². The second-order valence-corrected chi connectivity index (χ2v) is 7.82. The van der Waals surface area contributed by atoms with Crippen molar-refractivity contribution in [3.63, 3.8) is 0 Å². The lowest BCUT2D eigenvalue weighted by atomic mass is 9.65. The first kappa shape index (κ1) is 14.4. The van der Waals surface area contributed by atoms with E-state index in [9.17, 15) is 14.7 Å². The molecule has 2 aliphatic heterocycles. The molecule has 0 aromatic rings. The van der Waals surface area contributed by atoms with Crippen LogP contribution in [0.2, 0.25) is 0 Å². The van der Waals surface area contributed by atoms with Crippen molar-refractivity contribution in [1.82, 2.24) is 0 Å². The zero-order valence-corrected chi connectivity index (χ0v) is 13.4. The second kappa shape index (κ2) is 3.82. The smallest absolute Gasteiger partial charge is 0.318 e. The molecule has 0 amide bonds. The van der Waals surface area contributed by atoms with E-state index in [0.717, 1.165) is 5.57 Å². The lowest BCUT2D eigenvalue weighted by Crippen LogP contribution is -2.46. The molecule has 4 rings (SSSR count). The highest BCUT2D eigenvalue weighted by molar-refractivity contribution is 5.93. The van der Waals surface area contributed by atoms with E-state index in [1.165, 1.54) is 6.92 Å². The van der Waals surface area contributed by atoms with E-state index in [2.05, 4.69) is 6.92 Å². The molecule has 2 saturated heterocycles. The van der Waals surface area contributed by atoms with Crippen LogP contribution in [0.1, 0.15) is 40.5 Å². The van der Waals surface area contributed by atoms with Gasteiger partial charge >= 0.3 is 5.97 Å². The largest absolute Gasteiger partial charge is 0.461 e. The van der Waals surface area contributed by atoms with Gasteiger partial charge in [-0.1, -0.05) is 18.6 Å². The average Bonchev–Trinajstić information content (AvgIpc) is 2.91. The number of carbonyl (C=O) groups excluding carboxylic acids is 2. The molecule has 1 N–H and O–H groups in total. The number of rotatable bonds is 0. The van der Waals surface area contributed by atoms with Crippen molar-refractivity contribution < 1.29 is 24.2 Å². The first-order valence-corrected chi connectivity index (χ1v) is 7.99. The maximum absolute atomic E-state index is 12.7. The van der Waals surface area contributed by atoms with Gasteiger partial charge in [0.2, 0.25) is 0 Å². The summed E-state index contributed by atoms with van der Waals surface area (Å²) in [7, 11) is 0. The molecule has 0 radical (unpaired) electrons. The van der Waals surface area contributed by atoms with Crippen LogP contribution in [0.25, 0.3) is 0 Å². The summed E-state index contributed by atoms with van der Waals surface area (Å²) in [5.41, 5.74) is -0.814. The van der Waals surface area contributed by atoms with Crippen LogP contribution in [0.15, 0.2) is 11.6 Å². The molecule has 22 heavy (non-hydrogen) atoms. The Morgan fingerprint density at radius 1 is 1.27 bits per heavy atom. The van der Waals surface area contributed by atoms with Gasteiger partial charge in [0.05, 0.1) is 11.5 Å². The fourth-order valence-electron chi connectivity index (χ4n) is 5.25. The average molecular weight is 306 g/mol. The summed E-state index contributed by atoms with van der Waals surface area (Å²) in [6.07, 6.45) is 2.26. The molecular weight excluding hydrogens is 284 g/mol. The SMILES string of the molecule is C[C@H]1C[C@H]2OC(=O)[C@@]3(C)[C@@H]2[C@H](O[C@@]3(C)O)[C@@]2(C)C(=O)CC=C12. The van der Waals surface area contributed by atoms with Gasteiger partial charge in [0.25, 0.3) is 0 Å². The Kier molecular flexibility index (Phi) is 2.50. The number of fused-ring (bicyclic) bond motifs is 2.